The number of thiazole rings is 1. The van der Waals surface area contributed by atoms with Crippen molar-refractivity contribution in [1.29, 1.82) is 0 Å². The summed E-state index contributed by atoms with van der Waals surface area (Å²) in [5.41, 5.74) is 3.10. The molecule has 134 valence electrons. The monoisotopic (exact) mass is 377 g/mol. The highest BCUT2D eigenvalue weighted by Crippen LogP contribution is 2.18. The lowest BCUT2D eigenvalue weighted by Gasteiger charge is -2.08. The Balaban J connectivity index is 1.43. The molecule has 4 rings (SSSR count). The fourth-order valence-corrected chi connectivity index (χ4v) is 3.17. The van der Waals surface area contributed by atoms with E-state index in [9.17, 15) is 4.79 Å². The second-order valence-corrected chi connectivity index (χ2v) is 6.51. The van der Waals surface area contributed by atoms with E-state index in [2.05, 4.69) is 20.3 Å². The molecule has 0 saturated heterocycles. The molecule has 1 amide bonds. The SMILES string of the molecule is O=C(Nc1nc(/C=C/c2cocn2)cs1)c1cccn1Cc1ccncc1. The van der Waals surface area contributed by atoms with Gasteiger partial charge in [-0.05, 0) is 42.0 Å². The number of nitrogens with one attached hydrogen (secondary N) is 1. The van der Waals surface area contributed by atoms with Crippen LogP contribution in [0.5, 0.6) is 0 Å². The Morgan fingerprint density at radius 2 is 2.07 bits per heavy atom. The molecule has 7 nitrogen and oxygen atoms in total. The largest absolute Gasteiger partial charge is 0.451 e. The van der Waals surface area contributed by atoms with Gasteiger partial charge in [-0.1, -0.05) is 0 Å². The summed E-state index contributed by atoms with van der Waals surface area (Å²) in [6.45, 7) is 0.599. The van der Waals surface area contributed by atoms with Gasteiger partial charge in [0.1, 0.15) is 17.7 Å². The molecule has 0 aliphatic rings. The zero-order chi connectivity index (χ0) is 18.5. The van der Waals surface area contributed by atoms with Crippen LogP contribution in [0.3, 0.4) is 0 Å². The number of nitrogens with zero attached hydrogens (tertiary/aromatic N) is 4. The predicted octanol–water partition coefficient (Wildman–Crippen LogP) is 3.80. The lowest BCUT2D eigenvalue weighted by Crippen LogP contribution is -2.17. The molecule has 0 saturated carbocycles. The van der Waals surface area contributed by atoms with Crippen molar-refractivity contribution in [2.45, 2.75) is 6.54 Å². The molecule has 27 heavy (non-hydrogen) atoms. The third-order valence-corrected chi connectivity index (χ3v) is 4.56. The molecule has 4 aromatic heterocycles. The van der Waals surface area contributed by atoms with Crippen LogP contribution in [-0.2, 0) is 6.54 Å². The molecule has 0 atom stereocenters. The summed E-state index contributed by atoms with van der Waals surface area (Å²) in [5, 5.41) is 5.25. The summed E-state index contributed by atoms with van der Waals surface area (Å²) < 4.78 is 6.81. The predicted molar refractivity (Wildman–Crippen MR) is 103 cm³/mol. The Morgan fingerprint density at radius 1 is 1.22 bits per heavy atom. The Morgan fingerprint density at radius 3 is 2.89 bits per heavy atom. The van der Waals surface area contributed by atoms with Crippen LogP contribution in [0.15, 0.2) is 65.3 Å². The molecular formula is C19H15N5O2S. The molecule has 0 aromatic carbocycles. The standard InChI is InChI=1S/C19H15N5O2S/c25-18(17-2-1-9-24(17)10-14-5-7-20-8-6-14)23-19-22-16(12-27-19)4-3-15-11-26-13-21-15/h1-9,11-13H,10H2,(H,22,23,25)/b4-3+. The second-order valence-electron chi connectivity index (χ2n) is 5.66. The first-order valence-electron chi connectivity index (χ1n) is 8.15. The highest BCUT2D eigenvalue weighted by atomic mass is 32.1. The van der Waals surface area contributed by atoms with E-state index in [1.54, 1.807) is 30.8 Å². The van der Waals surface area contributed by atoms with E-state index in [1.807, 2.05) is 40.4 Å². The average molecular weight is 377 g/mol. The van der Waals surface area contributed by atoms with Gasteiger partial charge in [-0.3, -0.25) is 15.1 Å². The van der Waals surface area contributed by atoms with Gasteiger partial charge in [0.05, 0.1) is 5.69 Å². The quantitative estimate of drug-likeness (QED) is 0.552. The van der Waals surface area contributed by atoms with Crippen LogP contribution in [0, 0.1) is 0 Å². The van der Waals surface area contributed by atoms with Crippen LogP contribution in [-0.4, -0.2) is 25.4 Å². The van der Waals surface area contributed by atoms with Crippen LogP contribution in [0.2, 0.25) is 0 Å². The van der Waals surface area contributed by atoms with E-state index >= 15 is 0 Å². The van der Waals surface area contributed by atoms with Gasteiger partial charge in [0.2, 0.25) is 0 Å². The number of amides is 1. The zero-order valence-electron chi connectivity index (χ0n) is 14.1. The van der Waals surface area contributed by atoms with Crippen molar-refractivity contribution in [3.8, 4) is 0 Å². The highest BCUT2D eigenvalue weighted by molar-refractivity contribution is 7.14. The number of hydrogen-bond donors (Lipinski definition) is 1. The first kappa shape index (κ1) is 16.9. The van der Waals surface area contributed by atoms with Crippen molar-refractivity contribution in [3.05, 3.63) is 83.5 Å². The number of pyridine rings is 1. The summed E-state index contributed by atoms with van der Waals surface area (Å²) >= 11 is 1.37. The molecule has 8 heteroatoms. The van der Waals surface area contributed by atoms with Crippen LogP contribution < -0.4 is 5.32 Å². The summed E-state index contributed by atoms with van der Waals surface area (Å²) in [6, 6.07) is 7.49. The van der Waals surface area contributed by atoms with Gasteiger partial charge in [0.25, 0.3) is 5.91 Å². The second kappa shape index (κ2) is 7.79. The molecule has 1 N–H and O–H groups in total. The zero-order valence-corrected chi connectivity index (χ0v) is 15.0. The van der Waals surface area contributed by atoms with Crippen LogP contribution in [0.25, 0.3) is 12.2 Å². The Labute approximate surface area is 159 Å². The Hall–Kier alpha value is -3.52. The maximum atomic E-state index is 12.6. The van der Waals surface area contributed by atoms with E-state index in [4.69, 9.17) is 4.42 Å². The molecule has 4 aromatic rings. The summed E-state index contributed by atoms with van der Waals surface area (Å²) in [4.78, 5) is 25.0. The van der Waals surface area contributed by atoms with Crippen LogP contribution in [0.4, 0.5) is 5.13 Å². The minimum absolute atomic E-state index is 0.199. The van der Waals surface area contributed by atoms with E-state index in [1.165, 1.54) is 17.7 Å². The summed E-state index contributed by atoms with van der Waals surface area (Å²) in [6.07, 6.45) is 11.9. The summed E-state index contributed by atoms with van der Waals surface area (Å²) in [5.74, 6) is -0.199. The molecule has 0 fully saturated rings. The molecule has 4 heterocycles. The van der Waals surface area contributed by atoms with Crippen LogP contribution in [0.1, 0.15) is 27.4 Å². The minimum Gasteiger partial charge on any atom is -0.451 e. The number of aromatic nitrogens is 4. The van der Waals surface area contributed by atoms with Crippen molar-refractivity contribution in [3.63, 3.8) is 0 Å². The van der Waals surface area contributed by atoms with Crippen molar-refractivity contribution in [1.82, 2.24) is 19.5 Å². The van der Waals surface area contributed by atoms with E-state index in [0.29, 0.717) is 23.1 Å². The maximum absolute atomic E-state index is 12.6. The highest BCUT2D eigenvalue weighted by Gasteiger charge is 2.13. The Bertz CT molecular complexity index is 1050. The van der Waals surface area contributed by atoms with Gasteiger partial charge in [-0.25, -0.2) is 9.97 Å². The molecule has 0 spiro atoms. The number of anilines is 1. The first-order valence-corrected chi connectivity index (χ1v) is 9.03. The molecule has 0 aliphatic heterocycles. The molecule has 0 bridgehead atoms. The minimum atomic E-state index is -0.199. The van der Waals surface area contributed by atoms with Crippen molar-refractivity contribution < 1.29 is 9.21 Å². The fraction of sp³-hybridized carbons (Fsp3) is 0.0526. The van der Waals surface area contributed by atoms with Crippen molar-refractivity contribution in [2.75, 3.05) is 5.32 Å². The third kappa shape index (κ3) is 4.18. The van der Waals surface area contributed by atoms with Crippen LogP contribution >= 0.6 is 11.3 Å². The number of rotatable bonds is 6. The number of carbonyl (C=O) groups is 1. The lowest BCUT2D eigenvalue weighted by atomic mass is 10.2. The average Bonchev–Trinajstić information content (AvgIpc) is 3.43. The van der Waals surface area contributed by atoms with Gasteiger partial charge in [0, 0.05) is 30.5 Å². The maximum Gasteiger partial charge on any atom is 0.274 e. The molecule has 0 aliphatic carbocycles. The van der Waals surface area contributed by atoms with Crippen molar-refractivity contribution >= 4 is 34.5 Å². The molecular weight excluding hydrogens is 362 g/mol. The normalized spacial score (nSPS) is 11.1. The van der Waals surface area contributed by atoms with E-state index in [-0.39, 0.29) is 5.91 Å². The topological polar surface area (TPSA) is 85.8 Å². The molecule has 0 unspecified atom stereocenters. The smallest absolute Gasteiger partial charge is 0.274 e. The van der Waals surface area contributed by atoms with E-state index < -0.39 is 0 Å². The Kier molecular flexibility index (Phi) is 4.88. The lowest BCUT2D eigenvalue weighted by molar-refractivity contribution is 0.101. The number of carbonyl (C=O) groups excluding carboxylic acids is 1. The van der Waals surface area contributed by atoms with Crippen molar-refractivity contribution in [2.24, 2.45) is 0 Å². The van der Waals surface area contributed by atoms with Gasteiger partial charge >= 0.3 is 0 Å². The first-order chi connectivity index (χ1) is 13.3. The van der Waals surface area contributed by atoms with Gasteiger partial charge < -0.3 is 8.98 Å². The number of hydrogen-bond acceptors (Lipinski definition) is 6. The summed E-state index contributed by atoms with van der Waals surface area (Å²) in [7, 11) is 0. The molecule has 0 radical (unpaired) electrons. The van der Waals surface area contributed by atoms with E-state index in [0.717, 1.165) is 11.3 Å². The van der Waals surface area contributed by atoms with Gasteiger partial charge in [-0.15, -0.1) is 11.3 Å². The van der Waals surface area contributed by atoms with Gasteiger partial charge in [0.15, 0.2) is 11.5 Å². The van der Waals surface area contributed by atoms with Gasteiger partial charge in [-0.2, -0.15) is 0 Å². The fourth-order valence-electron chi connectivity index (χ4n) is 2.50. The third-order valence-electron chi connectivity index (χ3n) is 3.78. The number of oxazole rings is 1.